The van der Waals surface area contributed by atoms with Gasteiger partial charge in [-0.15, -0.1) is 0 Å². The normalized spacial score (nSPS) is 16.9. The Morgan fingerprint density at radius 2 is 1.85 bits per heavy atom. The molecule has 0 amide bonds. The number of benzene rings is 2. The van der Waals surface area contributed by atoms with Crippen LogP contribution in [0.1, 0.15) is 59.5 Å². The molecule has 0 bridgehead atoms. The van der Waals surface area contributed by atoms with Gasteiger partial charge in [0.1, 0.15) is 6.54 Å². The highest BCUT2D eigenvalue weighted by Crippen LogP contribution is 2.45. The molecule has 39 heavy (non-hydrogen) atoms. The van der Waals surface area contributed by atoms with Gasteiger partial charge >= 0.3 is 11.9 Å². The molecule has 1 aromatic heterocycles. The number of hydrogen-bond donors (Lipinski definition) is 2. The van der Waals surface area contributed by atoms with Gasteiger partial charge in [0.15, 0.2) is 0 Å². The fraction of sp³-hybridized carbons (Fsp3) is 0.484. The minimum Gasteiger partial charge on any atom is -0.480 e. The second-order valence-corrected chi connectivity index (χ2v) is 10.6. The van der Waals surface area contributed by atoms with E-state index in [1.54, 1.807) is 12.1 Å². The molecule has 0 spiro atoms. The standard InChI is InChI=1S/C31H39N3O5/c1-38-31(37)23-11-12-26-27(19-23)34(21-28(35)36)30(29(26)22-7-3-2-4-8-22)25-10-6-5-9-24(25)20-32-13-14-33-15-17-39-18-16-33/h5-6,9-12,19,22,32H,2-4,7-8,13-18,20-21H2,1H3,(H,35,36). The number of esters is 1. The Morgan fingerprint density at radius 3 is 2.59 bits per heavy atom. The third kappa shape index (κ3) is 6.19. The first-order chi connectivity index (χ1) is 19.1. The number of aromatic nitrogens is 1. The first-order valence-electron chi connectivity index (χ1n) is 14.1. The summed E-state index contributed by atoms with van der Waals surface area (Å²) in [6, 6.07) is 13.9. The van der Waals surface area contributed by atoms with E-state index in [4.69, 9.17) is 9.47 Å². The highest BCUT2D eigenvalue weighted by molar-refractivity contribution is 5.99. The topological polar surface area (TPSA) is 93.0 Å². The van der Waals surface area contributed by atoms with Crippen LogP contribution < -0.4 is 5.32 Å². The molecule has 2 aromatic carbocycles. The first kappa shape index (κ1) is 27.4. The van der Waals surface area contributed by atoms with Gasteiger partial charge in [0.05, 0.1) is 37.1 Å². The number of ether oxygens (including phenoxy) is 2. The van der Waals surface area contributed by atoms with E-state index < -0.39 is 11.9 Å². The predicted octanol–water partition coefficient (Wildman–Crippen LogP) is 4.65. The molecule has 1 saturated carbocycles. The van der Waals surface area contributed by atoms with Crippen molar-refractivity contribution in [1.82, 2.24) is 14.8 Å². The lowest BCUT2D eigenvalue weighted by molar-refractivity contribution is -0.137. The van der Waals surface area contributed by atoms with Crippen molar-refractivity contribution in [3.8, 4) is 11.3 Å². The largest absolute Gasteiger partial charge is 0.480 e. The second kappa shape index (κ2) is 12.8. The number of carbonyl (C=O) groups is 2. The Kier molecular flexibility index (Phi) is 8.96. The van der Waals surface area contributed by atoms with Gasteiger partial charge in [0, 0.05) is 43.7 Å². The summed E-state index contributed by atoms with van der Waals surface area (Å²) in [6.45, 7) is 5.85. The molecular formula is C31H39N3O5. The zero-order valence-corrected chi connectivity index (χ0v) is 22.8. The fourth-order valence-corrected chi connectivity index (χ4v) is 6.21. The number of fused-ring (bicyclic) bond motifs is 1. The first-order valence-corrected chi connectivity index (χ1v) is 14.1. The maximum atomic E-state index is 12.4. The summed E-state index contributed by atoms with van der Waals surface area (Å²) in [5, 5.41) is 14.6. The van der Waals surface area contributed by atoms with Crippen LogP contribution in [0.5, 0.6) is 0 Å². The summed E-state index contributed by atoms with van der Waals surface area (Å²) in [7, 11) is 1.37. The lowest BCUT2D eigenvalue weighted by Crippen LogP contribution is -2.40. The molecule has 2 aliphatic rings. The summed E-state index contributed by atoms with van der Waals surface area (Å²) in [5.74, 6) is -0.990. The molecule has 8 heteroatoms. The SMILES string of the molecule is COC(=O)c1ccc2c(C3CCCCC3)c(-c3ccccc3CNCCN3CCOCC3)n(CC(=O)O)c2c1. The molecule has 8 nitrogen and oxygen atoms in total. The van der Waals surface area contributed by atoms with Crippen LogP contribution in [0.3, 0.4) is 0 Å². The van der Waals surface area contributed by atoms with E-state index in [9.17, 15) is 14.7 Å². The lowest BCUT2D eigenvalue weighted by atomic mass is 9.81. The molecule has 1 aliphatic carbocycles. The van der Waals surface area contributed by atoms with E-state index in [2.05, 4.69) is 22.3 Å². The Balaban J connectivity index is 1.57. The molecule has 2 heterocycles. The molecule has 2 N–H and O–H groups in total. The zero-order chi connectivity index (χ0) is 27.2. The van der Waals surface area contributed by atoms with Crippen LogP contribution >= 0.6 is 0 Å². The zero-order valence-electron chi connectivity index (χ0n) is 22.8. The fourth-order valence-electron chi connectivity index (χ4n) is 6.21. The molecule has 1 aliphatic heterocycles. The molecular weight excluding hydrogens is 494 g/mol. The smallest absolute Gasteiger partial charge is 0.337 e. The number of morpholine rings is 1. The van der Waals surface area contributed by atoms with Gasteiger partial charge in [0.25, 0.3) is 0 Å². The number of nitrogens with one attached hydrogen (secondary N) is 1. The summed E-state index contributed by atoms with van der Waals surface area (Å²) >= 11 is 0. The van der Waals surface area contributed by atoms with Crippen molar-refractivity contribution in [1.29, 1.82) is 0 Å². The number of hydrogen-bond acceptors (Lipinski definition) is 6. The van der Waals surface area contributed by atoms with Gasteiger partial charge < -0.3 is 24.5 Å². The maximum absolute atomic E-state index is 12.4. The van der Waals surface area contributed by atoms with Crippen LogP contribution in [0, 0.1) is 0 Å². The Labute approximate surface area is 229 Å². The van der Waals surface area contributed by atoms with E-state index in [-0.39, 0.29) is 6.54 Å². The predicted molar refractivity (Wildman–Crippen MR) is 151 cm³/mol. The van der Waals surface area contributed by atoms with Gasteiger partial charge in [-0.25, -0.2) is 4.79 Å². The minimum absolute atomic E-state index is 0.179. The van der Waals surface area contributed by atoms with E-state index >= 15 is 0 Å². The van der Waals surface area contributed by atoms with Crippen LogP contribution in [-0.2, 0) is 27.4 Å². The number of carboxylic acid groups (broad SMARTS) is 1. The average Bonchev–Trinajstić information content (AvgIpc) is 3.28. The molecule has 0 radical (unpaired) electrons. The van der Waals surface area contributed by atoms with Crippen LogP contribution in [0.15, 0.2) is 42.5 Å². The lowest BCUT2D eigenvalue weighted by Gasteiger charge is -2.26. The van der Waals surface area contributed by atoms with Crippen LogP contribution in [-0.4, -0.2) is 73.0 Å². The third-order valence-electron chi connectivity index (χ3n) is 8.13. The summed E-state index contributed by atoms with van der Waals surface area (Å²) in [6.07, 6.45) is 5.73. The Morgan fingerprint density at radius 1 is 1.08 bits per heavy atom. The number of carbonyl (C=O) groups excluding carboxylic acids is 1. The molecule has 0 atom stereocenters. The minimum atomic E-state index is -0.909. The summed E-state index contributed by atoms with van der Waals surface area (Å²) < 4.78 is 12.3. The van der Waals surface area contributed by atoms with E-state index in [0.717, 1.165) is 80.0 Å². The number of aliphatic carboxylic acids is 1. The van der Waals surface area contributed by atoms with E-state index in [0.29, 0.717) is 18.0 Å². The maximum Gasteiger partial charge on any atom is 0.337 e. The van der Waals surface area contributed by atoms with Crippen molar-refractivity contribution in [2.75, 3.05) is 46.5 Å². The van der Waals surface area contributed by atoms with Crippen molar-refractivity contribution in [2.45, 2.75) is 51.1 Å². The number of rotatable bonds is 10. The Hall–Kier alpha value is -3.20. The van der Waals surface area contributed by atoms with Crippen molar-refractivity contribution in [3.05, 3.63) is 59.2 Å². The van der Waals surface area contributed by atoms with Gasteiger partial charge in [-0.05, 0) is 42.0 Å². The highest BCUT2D eigenvalue weighted by Gasteiger charge is 2.28. The Bertz CT molecular complexity index is 1310. The van der Waals surface area contributed by atoms with Crippen molar-refractivity contribution in [3.63, 3.8) is 0 Å². The quantitative estimate of drug-likeness (QED) is 0.290. The summed E-state index contributed by atoms with van der Waals surface area (Å²) in [4.78, 5) is 27.0. The number of carboxylic acids is 1. The molecule has 3 aromatic rings. The van der Waals surface area contributed by atoms with Crippen LogP contribution in [0.4, 0.5) is 0 Å². The highest BCUT2D eigenvalue weighted by atomic mass is 16.5. The van der Waals surface area contributed by atoms with Gasteiger partial charge in [-0.3, -0.25) is 9.69 Å². The van der Waals surface area contributed by atoms with Gasteiger partial charge in [0.2, 0.25) is 0 Å². The average molecular weight is 534 g/mol. The van der Waals surface area contributed by atoms with E-state index in [1.165, 1.54) is 31.9 Å². The molecule has 208 valence electrons. The van der Waals surface area contributed by atoms with Crippen molar-refractivity contribution >= 4 is 22.8 Å². The molecule has 5 rings (SSSR count). The monoisotopic (exact) mass is 533 g/mol. The molecule has 1 saturated heterocycles. The number of methoxy groups -OCH3 is 1. The molecule has 2 fully saturated rings. The van der Waals surface area contributed by atoms with E-state index in [1.807, 2.05) is 22.8 Å². The second-order valence-electron chi connectivity index (χ2n) is 10.6. The van der Waals surface area contributed by atoms with Gasteiger partial charge in [-0.1, -0.05) is 49.6 Å². The third-order valence-corrected chi connectivity index (χ3v) is 8.13. The van der Waals surface area contributed by atoms with Crippen LogP contribution in [0.2, 0.25) is 0 Å². The van der Waals surface area contributed by atoms with Gasteiger partial charge in [-0.2, -0.15) is 0 Å². The molecule has 0 unspecified atom stereocenters. The van der Waals surface area contributed by atoms with Crippen molar-refractivity contribution < 1.29 is 24.2 Å². The summed E-state index contributed by atoms with van der Waals surface area (Å²) in [5.41, 5.74) is 5.56. The van der Waals surface area contributed by atoms with Crippen molar-refractivity contribution in [2.24, 2.45) is 0 Å². The number of nitrogens with zero attached hydrogens (tertiary/aromatic N) is 2. The van der Waals surface area contributed by atoms with Crippen LogP contribution in [0.25, 0.3) is 22.2 Å².